The van der Waals surface area contributed by atoms with E-state index in [0.29, 0.717) is 11.4 Å². The second kappa shape index (κ2) is 15.2. The van der Waals surface area contributed by atoms with E-state index in [0.717, 1.165) is 124 Å². The second-order valence-corrected chi connectivity index (χ2v) is 17.8. The zero-order chi connectivity index (χ0) is 47.5. The summed E-state index contributed by atoms with van der Waals surface area (Å²) >= 11 is 0. The van der Waals surface area contributed by atoms with Gasteiger partial charge in [0.2, 0.25) is 0 Å². The number of hydrogen-bond acceptors (Lipinski definition) is 3. The van der Waals surface area contributed by atoms with Crippen LogP contribution in [-0.4, -0.2) is 0 Å². The number of fused-ring (bicyclic) bond motifs is 13. The highest BCUT2D eigenvalue weighted by Crippen LogP contribution is 2.64. The first-order valence-electron chi connectivity index (χ1n) is 22.8. The normalized spacial score (nSPS) is 13.4. The molecule has 338 valence electrons. The maximum absolute atomic E-state index is 14.0. The van der Waals surface area contributed by atoms with Crippen molar-refractivity contribution in [1.29, 1.82) is 0 Å². The molecule has 11 aromatic rings. The van der Waals surface area contributed by atoms with Gasteiger partial charge in [0.1, 0.15) is 11.2 Å². The average molecular weight is 927 g/mol. The van der Waals surface area contributed by atoms with Crippen molar-refractivity contribution in [3.05, 3.63) is 252 Å². The van der Waals surface area contributed by atoms with E-state index < -0.39 is 28.9 Å². The van der Waals surface area contributed by atoms with Gasteiger partial charge in [-0.3, -0.25) is 0 Å². The van der Waals surface area contributed by atoms with E-state index in [2.05, 4.69) is 78.9 Å². The van der Waals surface area contributed by atoms with Crippen LogP contribution in [0.2, 0.25) is 0 Å². The first kappa shape index (κ1) is 41.6. The van der Waals surface area contributed by atoms with E-state index >= 15 is 0 Å². The van der Waals surface area contributed by atoms with Gasteiger partial charge in [0, 0.05) is 50.5 Å². The SMILES string of the molecule is FC(F)(F)c1ccc(N(c2ccccc2)c2ccc3c(c2)C2(c4cc(N(c5ccccc5)c5ccc(C(F)(F)F)cc5)ccc4-3)c3ccc4c(oc5ccccc54)c3-c3cccc4cccc2c34)cc1. The van der Waals surface area contributed by atoms with Gasteiger partial charge in [-0.2, -0.15) is 26.3 Å². The zero-order valence-corrected chi connectivity index (χ0v) is 36.9. The lowest BCUT2D eigenvalue weighted by Crippen LogP contribution is -2.32. The lowest BCUT2D eigenvalue weighted by molar-refractivity contribution is -0.138. The molecule has 0 aliphatic heterocycles. The zero-order valence-electron chi connectivity index (χ0n) is 36.9. The summed E-state index contributed by atoms with van der Waals surface area (Å²) in [6, 6.07) is 67.3. The molecule has 0 saturated carbocycles. The molecule has 1 heterocycles. The van der Waals surface area contributed by atoms with Crippen LogP contribution in [0.25, 0.3) is 55.0 Å². The summed E-state index contributed by atoms with van der Waals surface area (Å²) in [6.45, 7) is 0. The van der Waals surface area contributed by atoms with Crippen LogP contribution in [0.4, 0.5) is 60.5 Å². The van der Waals surface area contributed by atoms with Crippen molar-refractivity contribution >= 4 is 66.8 Å². The first-order valence-corrected chi connectivity index (χ1v) is 22.8. The van der Waals surface area contributed by atoms with E-state index in [4.69, 9.17) is 4.42 Å². The summed E-state index contributed by atoms with van der Waals surface area (Å²) in [5, 5.41) is 4.03. The van der Waals surface area contributed by atoms with Crippen LogP contribution < -0.4 is 9.80 Å². The predicted molar refractivity (Wildman–Crippen MR) is 267 cm³/mol. The van der Waals surface area contributed by atoms with Gasteiger partial charge in [0.25, 0.3) is 0 Å². The summed E-state index contributed by atoms with van der Waals surface area (Å²) in [5.41, 5.74) is 10.8. The average Bonchev–Trinajstić information content (AvgIpc) is 3.89. The number of benzene rings is 10. The topological polar surface area (TPSA) is 19.6 Å². The molecule has 0 atom stereocenters. The number of alkyl halides is 6. The lowest BCUT2D eigenvalue weighted by atomic mass is 9.61. The predicted octanol–water partition coefficient (Wildman–Crippen LogP) is 18.1. The van der Waals surface area contributed by atoms with Crippen LogP contribution >= 0.6 is 0 Å². The molecule has 10 aromatic carbocycles. The molecule has 0 bridgehead atoms. The van der Waals surface area contributed by atoms with Gasteiger partial charge in [0.15, 0.2) is 0 Å². The molecule has 0 N–H and O–H groups in total. The lowest BCUT2D eigenvalue weighted by Gasteiger charge is -2.40. The molecule has 0 amide bonds. The van der Waals surface area contributed by atoms with Crippen molar-refractivity contribution in [1.82, 2.24) is 0 Å². The quantitative estimate of drug-likeness (QED) is 0.155. The molecule has 1 spiro atoms. The van der Waals surface area contributed by atoms with Crippen molar-refractivity contribution < 1.29 is 30.8 Å². The van der Waals surface area contributed by atoms with E-state index in [1.54, 1.807) is 0 Å². The number of furan rings is 1. The Kier molecular flexibility index (Phi) is 9.05. The Morgan fingerprint density at radius 2 is 0.843 bits per heavy atom. The minimum Gasteiger partial charge on any atom is -0.455 e. The molecule has 1 aromatic heterocycles. The molecule has 70 heavy (non-hydrogen) atoms. The number of anilines is 6. The van der Waals surface area contributed by atoms with Crippen molar-refractivity contribution in [2.24, 2.45) is 0 Å². The van der Waals surface area contributed by atoms with E-state index in [9.17, 15) is 26.3 Å². The van der Waals surface area contributed by atoms with E-state index in [1.807, 2.05) is 101 Å². The molecule has 0 saturated heterocycles. The fourth-order valence-corrected chi connectivity index (χ4v) is 11.2. The highest BCUT2D eigenvalue weighted by Gasteiger charge is 2.51. The van der Waals surface area contributed by atoms with Gasteiger partial charge in [-0.05, 0) is 153 Å². The minimum absolute atomic E-state index is 0.543. The number of nitrogens with zero attached hydrogens (tertiary/aromatic N) is 2. The van der Waals surface area contributed by atoms with E-state index in [1.165, 1.54) is 24.3 Å². The Labute approximate surface area is 397 Å². The fourth-order valence-electron chi connectivity index (χ4n) is 11.2. The third-order valence-corrected chi connectivity index (χ3v) is 14.1. The number of rotatable bonds is 6. The van der Waals surface area contributed by atoms with Crippen molar-refractivity contribution in [2.45, 2.75) is 17.8 Å². The molecule has 9 heteroatoms. The maximum Gasteiger partial charge on any atom is 0.416 e. The van der Waals surface area contributed by atoms with Crippen LogP contribution in [0.3, 0.4) is 0 Å². The molecular formula is C61H36F6N2O. The second-order valence-electron chi connectivity index (χ2n) is 17.8. The summed E-state index contributed by atoms with van der Waals surface area (Å²) < 4.78 is 90.9. The van der Waals surface area contributed by atoms with Crippen LogP contribution in [0.5, 0.6) is 0 Å². The Bertz CT molecular complexity index is 3710. The summed E-state index contributed by atoms with van der Waals surface area (Å²) in [5.74, 6) is 0. The third-order valence-electron chi connectivity index (χ3n) is 14.1. The third kappa shape index (κ3) is 6.17. The number of para-hydroxylation sites is 3. The molecule has 3 nitrogen and oxygen atoms in total. The van der Waals surface area contributed by atoms with Crippen LogP contribution in [0.1, 0.15) is 33.4 Å². The van der Waals surface area contributed by atoms with Crippen molar-refractivity contribution in [3.8, 4) is 22.3 Å². The molecule has 2 aliphatic rings. The van der Waals surface area contributed by atoms with Gasteiger partial charge in [0.05, 0.1) is 16.5 Å². The molecule has 0 fully saturated rings. The van der Waals surface area contributed by atoms with Gasteiger partial charge in [-0.25, -0.2) is 0 Å². The number of hydrogen-bond donors (Lipinski definition) is 0. The van der Waals surface area contributed by atoms with Crippen LogP contribution in [0.15, 0.2) is 223 Å². The van der Waals surface area contributed by atoms with Gasteiger partial charge in [-0.1, -0.05) is 115 Å². The first-order chi connectivity index (χ1) is 34.0. The Morgan fingerprint density at radius 1 is 0.357 bits per heavy atom. The van der Waals surface area contributed by atoms with E-state index in [-0.39, 0.29) is 0 Å². The van der Waals surface area contributed by atoms with Crippen LogP contribution in [0, 0.1) is 0 Å². The fraction of sp³-hybridized carbons (Fsp3) is 0.0492. The highest BCUT2D eigenvalue weighted by atomic mass is 19.4. The molecule has 13 rings (SSSR count). The maximum atomic E-state index is 14.0. The van der Waals surface area contributed by atoms with Crippen molar-refractivity contribution in [3.63, 3.8) is 0 Å². The van der Waals surface area contributed by atoms with Crippen molar-refractivity contribution in [2.75, 3.05) is 9.80 Å². The summed E-state index contributed by atoms with van der Waals surface area (Å²) in [4.78, 5) is 3.95. The van der Waals surface area contributed by atoms with Gasteiger partial charge in [-0.15, -0.1) is 0 Å². The highest BCUT2D eigenvalue weighted by molar-refractivity contribution is 6.17. The summed E-state index contributed by atoms with van der Waals surface area (Å²) in [6.07, 6.45) is -9.03. The molecule has 0 radical (unpaired) electrons. The minimum atomic E-state index is -4.51. The standard InChI is InChI=1S/C61H36F6N2O/c62-60(63,64)38-21-25-42(26-22-38)68(40-13-3-1-4-14-40)44-29-31-46-47-32-30-45(69(41-15-5-2-6-16-41)43-27-23-39(24-28-43)61(65,66)67)36-54(47)59(53(46)35-44)51-19-10-12-37-11-9-18-50(56(37)51)57-52(59)34-33-49-48-17-7-8-20-55(48)70-58(49)57/h1-36H. The smallest absolute Gasteiger partial charge is 0.416 e. The van der Waals surface area contributed by atoms with Crippen LogP contribution in [-0.2, 0) is 17.8 Å². The van der Waals surface area contributed by atoms with Gasteiger partial charge < -0.3 is 14.2 Å². The molecule has 0 unspecified atom stereocenters. The molecule has 2 aliphatic carbocycles. The monoisotopic (exact) mass is 926 g/mol. The summed E-state index contributed by atoms with van der Waals surface area (Å²) in [7, 11) is 0. The Hall–Kier alpha value is -8.56. The van der Waals surface area contributed by atoms with Gasteiger partial charge >= 0.3 is 12.4 Å². The Balaban J connectivity index is 1.13. The molecular weight excluding hydrogens is 891 g/mol. The Morgan fingerprint density at radius 3 is 1.39 bits per heavy atom. The largest absolute Gasteiger partial charge is 0.455 e. The number of halogens is 6.